The molecule has 10 nitrogen and oxygen atoms in total. The fourth-order valence-corrected chi connectivity index (χ4v) is 4.53. The zero-order valence-electron chi connectivity index (χ0n) is 22.7. The first-order valence-electron chi connectivity index (χ1n) is 12.7. The molecular weight excluding hydrogens is 590 g/mol. The maximum absolute atomic E-state index is 10.6. The van der Waals surface area contributed by atoms with Crippen LogP contribution in [0.4, 0.5) is 32.3 Å². The summed E-state index contributed by atoms with van der Waals surface area (Å²) in [6, 6.07) is 12.6. The van der Waals surface area contributed by atoms with Crippen LogP contribution in [0.2, 0.25) is 0 Å². The zero-order chi connectivity index (χ0) is 31.8. The predicted octanol–water partition coefficient (Wildman–Crippen LogP) is 4.93. The van der Waals surface area contributed by atoms with Crippen molar-refractivity contribution in [1.29, 1.82) is 0 Å². The lowest BCUT2D eigenvalue weighted by molar-refractivity contribution is -0.193. The molecule has 0 saturated carbocycles. The fourth-order valence-electron chi connectivity index (χ4n) is 4.53. The van der Waals surface area contributed by atoms with Crippen molar-refractivity contribution in [2.24, 2.45) is 0 Å². The van der Waals surface area contributed by atoms with Crippen molar-refractivity contribution in [2.45, 2.75) is 50.8 Å². The third kappa shape index (κ3) is 9.68. The first-order valence-corrected chi connectivity index (χ1v) is 12.7. The number of furan rings is 1. The van der Waals surface area contributed by atoms with E-state index in [1.165, 1.54) is 11.1 Å². The number of carbonyl (C=O) groups is 2. The van der Waals surface area contributed by atoms with E-state index in [0.717, 1.165) is 49.7 Å². The van der Waals surface area contributed by atoms with Crippen LogP contribution in [-0.4, -0.2) is 69.1 Å². The van der Waals surface area contributed by atoms with Gasteiger partial charge in [-0.3, -0.25) is 4.90 Å². The molecule has 0 aliphatic carbocycles. The number of likely N-dealkylation sites (tertiary alicyclic amines) is 1. The SMILES string of the molecule is Cc1cccc(CN2CCC3(COCc4cnc(NCc5ccco5)nc43)C2)c1.O=C(O)C(F)(F)F.O=C(O)C(F)(F)F. The van der Waals surface area contributed by atoms with Gasteiger partial charge in [0.2, 0.25) is 5.95 Å². The Morgan fingerprint density at radius 2 is 1.74 bits per heavy atom. The largest absolute Gasteiger partial charge is 0.490 e. The van der Waals surface area contributed by atoms with Crippen LogP contribution < -0.4 is 5.32 Å². The third-order valence-electron chi connectivity index (χ3n) is 6.41. The van der Waals surface area contributed by atoms with Crippen LogP contribution in [0, 0.1) is 6.92 Å². The van der Waals surface area contributed by atoms with Crippen molar-refractivity contribution in [2.75, 3.05) is 25.0 Å². The summed E-state index contributed by atoms with van der Waals surface area (Å²) in [4.78, 5) is 29.7. The second-order valence-corrected chi connectivity index (χ2v) is 9.83. The topological polar surface area (TPSA) is 138 Å². The minimum Gasteiger partial charge on any atom is -0.475 e. The fraction of sp³-hybridized carbons (Fsp3) is 0.407. The van der Waals surface area contributed by atoms with Gasteiger partial charge in [0, 0.05) is 24.8 Å². The van der Waals surface area contributed by atoms with E-state index < -0.39 is 24.3 Å². The molecule has 1 saturated heterocycles. The molecule has 3 aromatic rings. The number of nitrogens with one attached hydrogen (secondary N) is 1. The van der Waals surface area contributed by atoms with Gasteiger partial charge in [0.1, 0.15) is 5.76 Å². The summed E-state index contributed by atoms with van der Waals surface area (Å²) in [6.45, 7) is 7.02. The first-order chi connectivity index (χ1) is 20.1. The van der Waals surface area contributed by atoms with Crippen LogP contribution in [0.15, 0.2) is 53.3 Å². The quantitative estimate of drug-likeness (QED) is 0.338. The van der Waals surface area contributed by atoms with E-state index >= 15 is 0 Å². The number of aromatic nitrogens is 2. The Balaban J connectivity index is 0.000000303. The van der Waals surface area contributed by atoms with Gasteiger partial charge in [0.05, 0.1) is 37.1 Å². The third-order valence-corrected chi connectivity index (χ3v) is 6.41. The molecule has 1 fully saturated rings. The second-order valence-electron chi connectivity index (χ2n) is 9.83. The van der Waals surface area contributed by atoms with E-state index in [-0.39, 0.29) is 5.41 Å². The molecule has 234 valence electrons. The summed E-state index contributed by atoms with van der Waals surface area (Å²) in [7, 11) is 0. The van der Waals surface area contributed by atoms with Crippen molar-refractivity contribution < 1.29 is 55.3 Å². The molecule has 1 aromatic carbocycles. The molecule has 1 spiro atoms. The lowest BCUT2D eigenvalue weighted by Gasteiger charge is -2.34. The van der Waals surface area contributed by atoms with E-state index in [4.69, 9.17) is 33.9 Å². The maximum atomic E-state index is 10.6. The Morgan fingerprint density at radius 3 is 2.33 bits per heavy atom. The Hall–Kier alpha value is -4.18. The summed E-state index contributed by atoms with van der Waals surface area (Å²) in [5.41, 5.74) is 4.87. The molecule has 0 bridgehead atoms. The van der Waals surface area contributed by atoms with Gasteiger partial charge in [-0.1, -0.05) is 29.8 Å². The molecule has 4 heterocycles. The lowest BCUT2D eigenvalue weighted by atomic mass is 9.80. The highest BCUT2D eigenvalue weighted by Gasteiger charge is 2.45. The van der Waals surface area contributed by atoms with Crippen molar-refractivity contribution >= 4 is 17.9 Å². The van der Waals surface area contributed by atoms with Gasteiger partial charge in [-0.25, -0.2) is 19.6 Å². The molecular formula is C27H28F6N4O6. The molecule has 3 N–H and O–H groups in total. The predicted molar refractivity (Wildman–Crippen MR) is 138 cm³/mol. The van der Waals surface area contributed by atoms with Gasteiger partial charge >= 0.3 is 24.3 Å². The number of alkyl halides is 6. The lowest BCUT2D eigenvalue weighted by Crippen LogP contribution is -2.40. The highest BCUT2D eigenvalue weighted by molar-refractivity contribution is 5.73. The second kappa shape index (κ2) is 13.9. The number of benzene rings is 1. The van der Waals surface area contributed by atoms with Crippen LogP contribution >= 0.6 is 0 Å². The van der Waals surface area contributed by atoms with E-state index in [2.05, 4.69) is 46.4 Å². The number of anilines is 1. The number of ether oxygens (including phenoxy) is 1. The number of nitrogens with zero attached hydrogens (tertiary/aromatic N) is 3. The summed E-state index contributed by atoms with van der Waals surface area (Å²) < 4.78 is 74.8. The van der Waals surface area contributed by atoms with Gasteiger partial charge in [-0.2, -0.15) is 26.3 Å². The molecule has 0 radical (unpaired) electrons. The highest BCUT2D eigenvalue weighted by Crippen LogP contribution is 2.39. The minimum atomic E-state index is -5.08. The smallest absolute Gasteiger partial charge is 0.475 e. The summed E-state index contributed by atoms with van der Waals surface area (Å²) in [6.07, 6.45) is -5.52. The molecule has 1 unspecified atom stereocenters. The van der Waals surface area contributed by atoms with Crippen LogP contribution in [0.5, 0.6) is 0 Å². The van der Waals surface area contributed by atoms with Crippen LogP contribution in [0.3, 0.4) is 0 Å². The number of aliphatic carboxylic acids is 2. The van der Waals surface area contributed by atoms with Crippen molar-refractivity contribution in [3.05, 3.63) is 77.0 Å². The van der Waals surface area contributed by atoms with Gasteiger partial charge in [0.25, 0.3) is 0 Å². The molecule has 43 heavy (non-hydrogen) atoms. The van der Waals surface area contributed by atoms with E-state index in [0.29, 0.717) is 19.1 Å². The molecule has 0 amide bonds. The Kier molecular flexibility index (Phi) is 10.7. The van der Waals surface area contributed by atoms with Crippen molar-refractivity contribution in [3.63, 3.8) is 0 Å². The molecule has 5 rings (SSSR count). The Bertz CT molecular complexity index is 1360. The van der Waals surface area contributed by atoms with Crippen LogP contribution in [0.1, 0.15) is 34.6 Å². The molecule has 16 heteroatoms. The average molecular weight is 619 g/mol. The average Bonchev–Trinajstić information content (AvgIpc) is 3.58. The molecule has 2 aliphatic rings. The van der Waals surface area contributed by atoms with Crippen LogP contribution in [-0.2, 0) is 39.4 Å². The number of carboxylic acid groups (broad SMARTS) is 2. The molecule has 2 aliphatic heterocycles. The first kappa shape index (κ1) is 33.3. The van der Waals surface area contributed by atoms with Gasteiger partial charge in [-0.15, -0.1) is 0 Å². The number of fused-ring (bicyclic) bond motifs is 2. The van der Waals surface area contributed by atoms with E-state index in [9.17, 15) is 26.3 Å². The summed E-state index contributed by atoms with van der Waals surface area (Å²) >= 11 is 0. The zero-order valence-corrected chi connectivity index (χ0v) is 22.7. The van der Waals surface area contributed by atoms with E-state index in [1.54, 1.807) is 6.26 Å². The number of hydrogen-bond acceptors (Lipinski definition) is 8. The maximum Gasteiger partial charge on any atom is 0.490 e. The number of carboxylic acids is 2. The monoisotopic (exact) mass is 618 g/mol. The van der Waals surface area contributed by atoms with Gasteiger partial charge in [0.15, 0.2) is 0 Å². The summed E-state index contributed by atoms with van der Waals surface area (Å²) in [5, 5.41) is 17.5. The van der Waals surface area contributed by atoms with Gasteiger partial charge in [-0.05, 0) is 37.6 Å². The molecule has 2 aromatic heterocycles. The van der Waals surface area contributed by atoms with Crippen molar-refractivity contribution in [3.8, 4) is 0 Å². The Morgan fingerprint density at radius 1 is 1.07 bits per heavy atom. The number of halogens is 6. The summed E-state index contributed by atoms with van der Waals surface area (Å²) in [5.74, 6) is -3.99. The molecule has 1 atom stereocenters. The standard InChI is InChI=1S/C23H26N4O2.2C2HF3O2/c1-17-4-2-5-18(10-17)13-27-8-7-23(15-27)16-28-14-19-11-24-22(26-21(19)23)25-12-20-6-3-9-29-20;2*3-2(4,5)1(6)7/h2-6,9-11H,7-8,12-16H2,1H3,(H,24,25,26);2*(H,6,7). The van der Waals surface area contributed by atoms with E-state index in [1.807, 2.05) is 18.3 Å². The normalized spacial score (nSPS) is 18.1. The minimum absolute atomic E-state index is 0.0541. The highest BCUT2D eigenvalue weighted by atomic mass is 19.4. The Labute approximate surface area is 241 Å². The van der Waals surface area contributed by atoms with Crippen LogP contribution in [0.25, 0.3) is 0 Å². The number of rotatable bonds is 5. The number of hydrogen-bond donors (Lipinski definition) is 3. The van der Waals surface area contributed by atoms with Gasteiger partial charge < -0.3 is 24.7 Å². The number of aryl methyl sites for hydroxylation is 1. The van der Waals surface area contributed by atoms with Crippen molar-refractivity contribution in [1.82, 2.24) is 14.9 Å².